The van der Waals surface area contributed by atoms with Crippen molar-refractivity contribution >= 4 is 5.91 Å². The number of amides is 1. The third-order valence-electron chi connectivity index (χ3n) is 7.12. The number of halogens is 3. The molecular weight excluding hydrogens is 469 g/mol. The number of likely N-dealkylation sites (N-methyl/N-ethyl adjacent to an activating group) is 1. The van der Waals surface area contributed by atoms with E-state index in [0.717, 1.165) is 44.1 Å². The number of carbonyl (C=O) groups excluding carboxylic acids is 1. The molecule has 1 saturated heterocycles. The van der Waals surface area contributed by atoms with E-state index >= 15 is 0 Å². The van der Waals surface area contributed by atoms with Gasteiger partial charge in [-0.3, -0.25) is 9.69 Å². The summed E-state index contributed by atoms with van der Waals surface area (Å²) in [6.07, 6.45) is 1.25. The second-order valence-corrected chi connectivity index (χ2v) is 9.33. The summed E-state index contributed by atoms with van der Waals surface area (Å²) < 4.78 is 42.3. The predicted molar refractivity (Wildman–Crippen MR) is 129 cm³/mol. The molecule has 5 rings (SSSR count). The zero-order valence-corrected chi connectivity index (χ0v) is 20.4. The minimum Gasteiger partial charge on any atom is -0.337 e. The van der Waals surface area contributed by atoms with Crippen LogP contribution in [0, 0.1) is 0 Å². The van der Waals surface area contributed by atoms with Crippen molar-refractivity contribution in [1.29, 1.82) is 0 Å². The SMILES string of the molecule is CCN(CC)[C@@H]1CCN(C(=O)c2cnn(-c3nccc(-c4ccccc4C(F)(F)F)n3)c2C2CC2)C1. The van der Waals surface area contributed by atoms with Gasteiger partial charge in [-0.15, -0.1) is 0 Å². The largest absolute Gasteiger partial charge is 0.417 e. The molecule has 2 fully saturated rings. The molecule has 1 aliphatic heterocycles. The lowest BCUT2D eigenvalue weighted by Gasteiger charge is -2.26. The highest BCUT2D eigenvalue weighted by molar-refractivity contribution is 5.95. The quantitative estimate of drug-likeness (QED) is 0.469. The normalized spacial score (nSPS) is 18.3. The van der Waals surface area contributed by atoms with Crippen LogP contribution >= 0.6 is 0 Å². The molecule has 0 N–H and O–H groups in total. The van der Waals surface area contributed by atoms with Gasteiger partial charge in [0.15, 0.2) is 0 Å². The maximum atomic E-state index is 13.6. The second kappa shape index (κ2) is 9.65. The Kier molecular flexibility index (Phi) is 6.55. The summed E-state index contributed by atoms with van der Waals surface area (Å²) in [6, 6.07) is 7.14. The molecule has 1 amide bonds. The molecular formula is C26H29F3N6O. The number of hydrogen-bond acceptors (Lipinski definition) is 5. The first-order valence-corrected chi connectivity index (χ1v) is 12.4. The van der Waals surface area contributed by atoms with E-state index in [9.17, 15) is 18.0 Å². The Morgan fingerprint density at radius 3 is 2.56 bits per heavy atom. The summed E-state index contributed by atoms with van der Waals surface area (Å²) in [5, 5.41) is 4.44. The van der Waals surface area contributed by atoms with Crippen LogP contribution in [0.4, 0.5) is 13.2 Å². The Labute approximate surface area is 208 Å². The van der Waals surface area contributed by atoms with Crippen LogP contribution in [0.15, 0.2) is 42.7 Å². The third-order valence-corrected chi connectivity index (χ3v) is 7.12. The highest BCUT2D eigenvalue weighted by atomic mass is 19.4. The summed E-state index contributed by atoms with van der Waals surface area (Å²) in [5.74, 6) is 0.256. The maximum Gasteiger partial charge on any atom is 0.417 e. The molecule has 1 aromatic carbocycles. The monoisotopic (exact) mass is 498 g/mol. The summed E-state index contributed by atoms with van der Waals surface area (Å²) >= 11 is 0. The molecule has 0 bridgehead atoms. The summed E-state index contributed by atoms with van der Waals surface area (Å²) in [4.78, 5) is 26.5. The Hall–Kier alpha value is -3.27. The van der Waals surface area contributed by atoms with Gasteiger partial charge < -0.3 is 4.90 Å². The molecule has 0 spiro atoms. The number of likely N-dealkylation sites (tertiary alicyclic amines) is 1. The van der Waals surface area contributed by atoms with Gasteiger partial charge in [-0.2, -0.15) is 18.3 Å². The Morgan fingerprint density at radius 1 is 1.11 bits per heavy atom. The van der Waals surface area contributed by atoms with Crippen LogP contribution in [0.1, 0.15) is 60.6 Å². The highest BCUT2D eigenvalue weighted by Gasteiger charge is 2.37. The minimum atomic E-state index is -4.51. The summed E-state index contributed by atoms with van der Waals surface area (Å²) in [5.41, 5.74) is 0.643. The molecule has 1 aliphatic carbocycles. The van der Waals surface area contributed by atoms with Crippen LogP contribution in [0.25, 0.3) is 17.2 Å². The average molecular weight is 499 g/mol. The lowest BCUT2D eigenvalue weighted by molar-refractivity contribution is -0.137. The summed E-state index contributed by atoms with van der Waals surface area (Å²) in [7, 11) is 0. The number of alkyl halides is 3. The Morgan fingerprint density at radius 2 is 1.86 bits per heavy atom. The van der Waals surface area contributed by atoms with Crippen molar-refractivity contribution in [3.63, 3.8) is 0 Å². The molecule has 0 unspecified atom stereocenters. The Bertz CT molecular complexity index is 1250. The van der Waals surface area contributed by atoms with Crippen molar-refractivity contribution in [2.24, 2.45) is 0 Å². The standard InChI is InChI=1S/C26H29F3N6O/c1-3-33(4-2)18-12-14-34(16-18)24(36)20-15-31-35(23(20)17-9-10-17)25-30-13-11-22(32-25)19-7-5-6-8-21(19)26(27,28)29/h5-8,11,13,15,17-18H,3-4,9-10,12,14,16H2,1-2H3/t18-/m1/s1. The van der Waals surface area contributed by atoms with Gasteiger partial charge in [0.05, 0.1) is 28.7 Å². The zero-order valence-electron chi connectivity index (χ0n) is 20.4. The van der Waals surface area contributed by atoms with Gasteiger partial charge in [-0.05, 0) is 44.5 Å². The van der Waals surface area contributed by atoms with E-state index in [-0.39, 0.29) is 29.0 Å². The number of aromatic nitrogens is 4. The molecule has 2 aromatic heterocycles. The fourth-order valence-corrected chi connectivity index (χ4v) is 5.12. The van der Waals surface area contributed by atoms with Gasteiger partial charge in [-0.25, -0.2) is 14.6 Å². The molecule has 2 aliphatic rings. The maximum absolute atomic E-state index is 13.6. The van der Waals surface area contributed by atoms with E-state index in [4.69, 9.17) is 0 Å². The lowest BCUT2D eigenvalue weighted by Crippen LogP contribution is -2.38. The van der Waals surface area contributed by atoms with E-state index in [1.165, 1.54) is 29.1 Å². The van der Waals surface area contributed by atoms with Crippen LogP contribution in [0.5, 0.6) is 0 Å². The molecule has 0 radical (unpaired) electrons. The van der Waals surface area contributed by atoms with Gasteiger partial charge in [0.1, 0.15) is 0 Å². The highest BCUT2D eigenvalue weighted by Crippen LogP contribution is 2.43. The predicted octanol–water partition coefficient (Wildman–Crippen LogP) is 4.78. The van der Waals surface area contributed by atoms with Crippen molar-refractivity contribution in [2.75, 3.05) is 26.2 Å². The van der Waals surface area contributed by atoms with Crippen LogP contribution in [-0.2, 0) is 6.18 Å². The van der Waals surface area contributed by atoms with Crippen molar-refractivity contribution in [1.82, 2.24) is 29.5 Å². The summed E-state index contributed by atoms with van der Waals surface area (Å²) in [6.45, 7) is 7.51. The number of hydrogen-bond donors (Lipinski definition) is 0. The molecule has 10 heteroatoms. The molecule has 3 aromatic rings. The molecule has 36 heavy (non-hydrogen) atoms. The van der Waals surface area contributed by atoms with E-state index in [1.807, 2.05) is 4.90 Å². The van der Waals surface area contributed by atoms with E-state index in [2.05, 4.69) is 33.8 Å². The van der Waals surface area contributed by atoms with Crippen LogP contribution in [0.2, 0.25) is 0 Å². The van der Waals surface area contributed by atoms with Gasteiger partial charge in [-0.1, -0.05) is 32.0 Å². The van der Waals surface area contributed by atoms with Gasteiger partial charge in [0.2, 0.25) is 0 Å². The van der Waals surface area contributed by atoms with Gasteiger partial charge in [0.25, 0.3) is 11.9 Å². The lowest BCUT2D eigenvalue weighted by atomic mass is 10.0. The minimum absolute atomic E-state index is 0.0235. The number of nitrogens with zero attached hydrogens (tertiary/aromatic N) is 6. The molecule has 1 atom stereocenters. The number of benzene rings is 1. The zero-order chi connectivity index (χ0) is 25.4. The van der Waals surface area contributed by atoms with Crippen molar-refractivity contribution < 1.29 is 18.0 Å². The van der Waals surface area contributed by atoms with Crippen molar-refractivity contribution in [2.45, 2.75) is 51.2 Å². The first kappa shape index (κ1) is 24.4. The molecule has 7 nitrogen and oxygen atoms in total. The van der Waals surface area contributed by atoms with Crippen LogP contribution in [-0.4, -0.2) is 67.7 Å². The number of rotatable bonds is 7. The van der Waals surface area contributed by atoms with E-state index < -0.39 is 11.7 Å². The van der Waals surface area contributed by atoms with Gasteiger partial charge in [0, 0.05) is 36.8 Å². The third kappa shape index (κ3) is 4.61. The first-order valence-electron chi connectivity index (χ1n) is 12.4. The van der Waals surface area contributed by atoms with Crippen LogP contribution in [0.3, 0.4) is 0 Å². The van der Waals surface area contributed by atoms with Crippen molar-refractivity contribution in [3.8, 4) is 17.2 Å². The molecule has 190 valence electrons. The smallest absolute Gasteiger partial charge is 0.337 e. The average Bonchev–Trinajstić information content (AvgIpc) is 3.43. The fraction of sp³-hybridized carbons (Fsp3) is 0.462. The molecule has 1 saturated carbocycles. The fourth-order valence-electron chi connectivity index (χ4n) is 5.12. The Balaban J connectivity index is 1.47. The van der Waals surface area contributed by atoms with Crippen molar-refractivity contribution in [3.05, 3.63) is 59.5 Å². The van der Waals surface area contributed by atoms with E-state index in [0.29, 0.717) is 24.7 Å². The second-order valence-electron chi connectivity index (χ2n) is 9.33. The molecule has 3 heterocycles. The van der Waals surface area contributed by atoms with Crippen LogP contribution < -0.4 is 0 Å². The first-order chi connectivity index (χ1) is 17.3. The van der Waals surface area contributed by atoms with Gasteiger partial charge >= 0.3 is 6.18 Å². The van der Waals surface area contributed by atoms with E-state index in [1.54, 1.807) is 12.3 Å². The number of carbonyl (C=O) groups is 1. The topological polar surface area (TPSA) is 67.2 Å².